The van der Waals surface area contributed by atoms with Crippen molar-refractivity contribution in [3.05, 3.63) is 54.6 Å². The smallest absolute Gasteiger partial charge is 0.0308 e. The van der Waals surface area contributed by atoms with Gasteiger partial charge in [0.1, 0.15) is 0 Å². The van der Waals surface area contributed by atoms with Crippen LogP contribution in [0.5, 0.6) is 0 Å². The summed E-state index contributed by atoms with van der Waals surface area (Å²) >= 11 is 0. The molecule has 1 unspecified atom stereocenters. The Balaban J connectivity index is 0.000000771. The third kappa shape index (κ3) is 3.74. The summed E-state index contributed by atoms with van der Waals surface area (Å²) < 4.78 is 11.9. The minimum Gasteiger partial charge on any atom is -0.263 e. The van der Waals surface area contributed by atoms with Crippen molar-refractivity contribution in [2.45, 2.75) is 18.7 Å². The second kappa shape index (κ2) is 6.41. The Hall–Kier alpha value is -1.54. The predicted molar refractivity (Wildman–Crippen MR) is 82.7 cm³/mol. The van der Waals surface area contributed by atoms with Gasteiger partial charge < -0.3 is 0 Å². The Morgan fingerprint density at radius 1 is 0.889 bits per heavy atom. The lowest BCUT2D eigenvalue weighted by atomic mass is 10.1. The van der Waals surface area contributed by atoms with Crippen LogP contribution in [0.25, 0.3) is 11.1 Å². The average molecular weight is 260 g/mol. The summed E-state index contributed by atoms with van der Waals surface area (Å²) in [5, 5.41) is 0. The van der Waals surface area contributed by atoms with E-state index in [4.69, 9.17) is 0 Å². The van der Waals surface area contributed by atoms with Gasteiger partial charge in [-0.25, -0.2) is 0 Å². The highest BCUT2D eigenvalue weighted by Crippen LogP contribution is 2.21. The highest BCUT2D eigenvalue weighted by molar-refractivity contribution is 7.99. The van der Waals surface area contributed by atoms with E-state index in [9.17, 15) is 4.21 Å². The van der Waals surface area contributed by atoms with E-state index in [1.54, 1.807) is 6.26 Å². The topological polar surface area (TPSA) is 17.1 Å². The zero-order valence-electron chi connectivity index (χ0n) is 11.2. The first-order chi connectivity index (χ1) is 8.57. The lowest BCUT2D eigenvalue weighted by molar-refractivity contribution is 0.685. The lowest BCUT2D eigenvalue weighted by Crippen LogP contribution is -1.96. The van der Waals surface area contributed by atoms with E-state index in [0.717, 1.165) is 16.0 Å². The maximum atomic E-state index is 11.9. The molecule has 0 radical (unpaired) electrons. The van der Waals surface area contributed by atoms with E-state index in [2.05, 4.69) is 5.87 Å². The van der Waals surface area contributed by atoms with E-state index < -0.39 is 9.52 Å². The molecule has 18 heavy (non-hydrogen) atoms. The Morgan fingerprint density at radius 2 is 1.44 bits per heavy atom. The molecule has 0 aliphatic rings. The van der Waals surface area contributed by atoms with Crippen LogP contribution in [0.4, 0.5) is 0 Å². The lowest BCUT2D eigenvalue weighted by Gasteiger charge is -2.06. The molecule has 0 aliphatic heterocycles. The van der Waals surface area contributed by atoms with Crippen LogP contribution in [0.3, 0.4) is 0 Å². The SMILES string of the molecule is C=S(C)(=O)c1cccc(-c2ccccc2)c1.CC. The minimum absolute atomic E-state index is 0.800. The van der Waals surface area contributed by atoms with Gasteiger partial charge >= 0.3 is 0 Å². The van der Waals surface area contributed by atoms with Gasteiger partial charge in [0.2, 0.25) is 0 Å². The van der Waals surface area contributed by atoms with Crippen molar-refractivity contribution in [1.29, 1.82) is 0 Å². The summed E-state index contributed by atoms with van der Waals surface area (Å²) in [6.45, 7) is 4.00. The Bertz CT molecular complexity index is 584. The monoisotopic (exact) mass is 260 g/mol. The number of hydrogen-bond donors (Lipinski definition) is 0. The predicted octanol–water partition coefficient (Wildman–Crippen LogP) is 4.08. The molecule has 2 heteroatoms. The standard InChI is InChI=1S/C14H14OS.C2H6/c1-16(2,15)14-10-6-9-13(11-14)12-7-4-3-5-8-12;1-2/h3-11H,1H2,2H3;1-2H3. The van der Waals surface area contributed by atoms with Gasteiger partial charge in [0.15, 0.2) is 0 Å². The second-order valence-electron chi connectivity index (χ2n) is 3.90. The number of benzene rings is 2. The Morgan fingerprint density at radius 3 is 2.00 bits per heavy atom. The van der Waals surface area contributed by atoms with Crippen molar-refractivity contribution in [1.82, 2.24) is 0 Å². The molecule has 1 nitrogen and oxygen atoms in total. The fourth-order valence-electron chi connectivity index (χ4n) is 1.57. The van der Waals surface area contributed by atoms with E-state index >= 15 is 0 Å². The van der Waals surface area contributed by atoms with Gasteiger partial charge in [-0.15, -0.1) is 0 Å². The quantitative estimate of drug-likeness (QED) is 0.743. The second-order valence-corrected chi connectivity index (χ2v) is 6.38. The van der Waals surface area contributed by atoms with Gasteiger partial charge in [-0.2, -0.15) is 0 Å². The van der Waals surface area contributed by atoms with E-state index in [1.807, 2.05) is 68.4 Å². The van der Waals surface area contributed by atoms with Crippen molar-refractivity contribution >= 4 is 15.4 Å². The molecule has 96 valence electrons. The third-order valence-corrected chi connectivity index (χ3v) is 3.69. The van der Waals surface area contributed by atoms with Crippen molar-refractivity contribution in [2.24, 2.45) is 0 Å². The first kappa shape index (κ1) is 14.5. The third-order valence-electron chi connectivity index (χ3n) is 2.44. The van der Waals surface area contributed by atoms with Gasteiger partial charge in [-0.1, -0.05) is 56.3 Å². The van der Waals surface area contributed by atoms with Gasteiger partial charge in [0.05, 0.1) is 0 Å². The van der Waals surface area contributed by atoms with E-state index in [0.29, 0.717) is 0 Å². The van der Waals surface area contributed by atoms with E-state index in [1.165, 1.54) is 0 Å². The molecule has 0 amide bonds. The molecule has 0 fully saturated rings. The number of rotatable bonds is 2. The molecule has 0 saturated carbocycles. The summed E-state index contributed by atoms with van der Waals surface area (Å²) in [5.74, 6) is 3.70. The molecule has 0 bridgehead atoms. The van der Waals surface area contributed by atoms with Crippen molar-refractivity contribution in [3.8, 4) is 11.1 Å². The van der Waals surface area contributed by atoms with Crippen LogP contribution >= 0.6 is 0 Å². The largest absolute Gasteiger partial charge is 0.263 e. The molecule has 2 aromatic carbocycles. The Labute approximate surface area is 111 Å². The van der Waals surface area contributed by atoms with Gasteiger partial charge in [0, 0.05) is 11.2 Å². The van der Waals surface area contributed by atoms with Crippen LogP contribution in [-0.2, 0) is 9.52 Å². The maximum Gasteiger partial charge on any atom is 0.0308 e. The van der Waals surface area contributed by atoms with Crippen LogP contribution in [0.1, 0.15) is 13.8 Å². The summed E-state index contributed by atoms with van der Waals surface area (Å²) in [6.07, 6.45) is 1.66. The van der Waals surface area contributed by atoms with E-state index in [-0.39, 0.29) is 0 Å². The molecular weight excluding hydrogens is 240 g/mol. The van der Waals surface area contributed by atoms with Gasteiger partial charge in [-0.3, -0.25) is 4.21 Å². The van der Waals surface area contributed by atoms with Crippen molar-refractivity contribution in [3.63, 3.8) is 0 Å². The molecule has 1 atom stereocenters. The fourth-order valence-corrected chi connectivity index (χ4v) is 2.32. The first-order valence-corrected chi connectivity index (χ1v) is 8.19. The van der Waals surface area contributed by atoms with Gasteiger partial charge in [-0.05, 0) is 38.7 Å². The Kier molecular flexibility index (Phi) is 5.17. The number of hydrogen-bond acceptors (Lipinski definition) is 1. The highest BCUT2D eigenvalue weighted by Gasteiger charge is 2.03. The molecular formula is C16H20OS. The zero-order chi connectivity index (χ0) is 13.6. The molecule has 0 aliphatic carbocycles. The molecule has 0 aromatic heterocycles. The average Bonchev–Trinajstić information content (AvgIpc) is 2.41. The first-order valence-electron chi connectivity index (χ1n) is 6.05. The van der Waals surface area contributed by atoms with Crippen LogP contribution < -0.4 is 0 Å². The molecule has 0 saturated heterocycles. The maximum absolute atomic E-state index is 11.9. The summed E-state index contributed by atoms with van der Waals surface area (Å²) in [7, 11) is -2.13. The van der Waals surface area contributed by atoms with Crippen LogP contribution in [0.15, 0.2) is 59.5 Å². The van der Waals surface area contributed by atoms with Crippen LogP contribution in [0.2, 0.25) is 0 Å². The molecule has 2 rings (SSSR count). The van der Waals surface area contributed by atoms with Crippen molar-refractivity contribution in [2.75, 3.05) is 6.26 Å². The molecule has 0 N–H and O–H groups in total. The van der Waals surface area contributed by atoms with Crippen LogP contribution in [-0.4, -0.2) is 16.3 Å². The summed E-state index contributed by atoms with van der Waals surface area (Å²) in [5.41, 5.74) is 2.21. The molecule has 0 spiro atoms. The summed E-state index contributed by atoms with van der Waals surface area (Å²) in [6, 6.07) is 17.8. The zero-order valence-corrected chi connectivity index (χ0v) is 12.0. The minimum atomic E-state index is -2.13. The van der Waals surface area contributed by atoms with Gasteiger partial charge in [0.25, 0.3) is 0 Å². The normalized spacial score (nSPS) is 13.1. The van der Waals surface area contributed by atoms with Crippen LogP contribution in [0, 0.1) is 0 Å². The molecule has 0 heterocycles. The molecule has 2 aromatic rings. The van der Waals surface area contributed by atoms with Crippen molar-refractivity contribution < 1.29 is 4.21 Å². The summed E-state index contributed by atoms with van der Waals surface area (Å²) in [4.78, 5) is 0.800. The highest BCUT2D eigenvalue weighted by atomic mass is 32.2. The fraction of sp³-hybridized carbons (Fsp3) is 0.188.